The van der Waals surface area contributed by atoms with E-state index in [-0.39, 0.29) is 24.4 Å². The Bertz CT molecular complexity index is 905. The number of fused-ring (bicyclic) bond motifs is 2. The van der Waals surface area contributed by atoms with Crippen molar-refractivity contribution in [3.05, 3.63) is 47.3 Å². The van der Waals surface area contributed by atoms with Gasteiger partial charge in [0.1, 0.15) is 6.17 Å². The van der Waals surface area contributed by atoms with Gasteiger partial charge in [0.2, 0.25) is 0 Å². The molecule has 0 aromatic rings. The van der Waals surface area contributed by atoms with Crippen molar-refractivity contribution in [3.8, 4) is 0 Å². The maximum atomic E-state index is 10.7. The molecule has 0 aromatic carbocycles. The Labute approximate surface area is 196 Å². The summed E-state index contributed by atoms with van der Waals surface area (Å²) >= 11 is 0. The zero-order chi connectivity index (χ0) is 23.1. The maximum Gasteiger partial charge on any atom is 0.287 e. The lowest BCUT2D eigenvalue weighted by atomic mass is 9.63. The summed E-state index contributed by atoms with van der Waals surface area (Å²) < 4.78 is 6.00. The maximum absolute atomic E-state index is 10.7. The number of ether oxygens (including phenoxy) is 1. The highest BCUT2D eigenvalue weighted by Gasteiger charge is 2.46. The van der Waals surface area contributed by atoms with Crippen LogP contribution in [0.15, 0.2) is 52.3 Å². The summed E-state index contributed by atoms with van der Waals surface area (Å²) in [5.74, 6) is 0.724. The molecule has 4 aliphatic carbocycles. The van der Waals surface area contributed by atoms with Gasteiger partial charge in [0, 0.05) is 24.2 Å². The summed E-state index contributed by atoms with van der Waals surface area (Å²) in [4.78, 5) is 4.96. The first-order valence-corrected chi connectivity index (χ1v) is 12.5. The van der Waals surface area contributed by atoms with Crippen molar-refractivity contribution in [1.29, 1.82) is 0 Å². The molecule has 0 radical (unpaired) electrons. The smallest absolute Gasteiger partial charge is 0.287 e. The molecule has 5 N–H and O–H groups in total. The fourth-order valence-corrected chi connectivity index (χ4v) is 6.39. The van der Waals surface area contributed by atoms with E-state index in [0.29, 0.717) is 23.8 Å². The lowest BCUT2D eigenvalue weighted by Gasteiger charge is -2.47. The van der Waals surface area contributed by atoms with Crippen LogP contribution in [0.4, 0.5) is 0 Å². The van der Waals surface area contributed by atoms with Gasteiger partial charge in [-0.1, -0.05) is 29.9 Å². The third-order valence-electron chi connectivity index (χ3n) is 7.82. The van der Waals surface area contributed by atoms with Crippen molar-refractivity contribution in [1.82, 2.24) is 10.6 Å². The Kier molecular flexibility index (Phi) is 6.38. The van der Waals surface area contributed by atoms with Crippen molar-refractivity contribution < 1.29 is 20.1 Å². The van der Waals surface area contributed by atoms with Crippen LogP contribution in [0.3, 0.4) is 0 Å². The lowest BCUT2D eigenvalue weighted by molar-refractivity contribution is -0.0164. The van der Waals surface area contributed by atoms with E-state index in [4.69, 9.17) is 9.73 Å². The van der Waals surface area contributed by atoms with Crippen LogP contribution in [-0.2, 0) is 4.74 Å². The summed E-state index contributed by atoms with van der Waals surface area (Å²) in [6, 6.07) is 0.461. The molecule has 5 rings (SSSR count). The zero-order valence-corrected chi connectivity index (χ0v) is 19.5. The molecule has 0 saturated heterocycles. The average Bonchev–Trinajstić information content (AvgIpc) is 2.77. The van der Waals surface area contributed by atoms with Crippen LogP contribution >= 0.6 is 0 Å². The van der Waals surface area contributed by atoms with Crippen LogP contribution in [0.1, 0.15) is 52.4 Å². The number of amidine groups is 1. The van der Waals surface area contributed by atoms with Gasteiger partial charge in [-0.3, -0.25) is 5.32 Å². The molecule has 8 unspecified atom stereocenters. The molecular weight excluding hydrogens is 418 g/mol. The van der Waals surface area contributed by atoms with E-state index in [1.807, 2.05) is 13.8 Å². The van der Waals surface area contributed by atoms with E-state index in [1.54, 1.807) is 5.57 Å². The Morgan fingerprint density at radius 2 is 1.97 bits per heavy atom. The van der Waals surface area contributed by atoms with Gasteiger partial charge in [-0.05, 0) is 63.5 Å². The minimum atomic E-state index is -0.965. The molecule has 7 nitrogen and oxygen atoms in total. The second-order valence-corrected chi connectivity index (χ2v) is 10.4. The van der Waals surface area contributed by atoms with Gasteiger partial charge in [-0.15, -0.1) is 0 Å². The fourth-order valence-electron chi connectivity index (χ4n) is 6.39. The SMILES string of the molecule is CC(C)OC1=NC(C2CC3=C(C=CCC3)C3C=CCCC32)NC(C2C(O)C=C(O)CC2O)N1. The van der Waals surface area contributed by atoms with Crippen LogP contribution in [-0.4, -0.2) is 52.0 Å². The van der Waals surface area contributed by atoms with Crippen LogP contribution in [0.2, 0.25) is 0 Å². The molecule has 0 aromatic heterocycles. The monoisotopic (exact) mass is 455 g/mol. The Morgan fingerprint density at radius 1 is 1.12 bits per heavy atom. The molecule has 180 valence electrons. The van der Waals surface area contributed by atoms with Gasteiger partial charge in [0.15, 0.2) is 0 Å². The number of allylic oxidation sites excluding steroid dienone is 6. The van der Waals surface area contributed by atoms with Gasteiger partial charge in [0.05, 0.1) is 30.2 Å². The second kappa shape index (κ2) is 9.28. The first kappa shape index (κ1) is 22.7. The third-order valence-corrected chi connectivity index (χ3v) is 7.82. The van der Waals surface area contributed by atoms with Gasteiger partial charge in [-0.25, -0.2) is 4.99 Å². The van der Waals surface area contributed by atoms with E-state index >= 15 is 0 Å². The van der Waals surface area contributed by atoms with Crippen molar-refractivity contribution in [2.24, 2.45) is 28.7 Å². The first-order valence-electron chi connectivity index (χ1n) is 12.5. The molecule has 33 heavy (non-hydrogen) atoms. The van der Waals surface area contributed by atoms with E-state index in [9.17, 15) is 15.3 Å². The second-order valence-electron chi connectivity index (χ2n) is 10.4. The van der Waals surface area contributed by atoms with Crippen LogP contribution < -0.4 is 10.6 Å². The molecule has 0 fully saturated rings. The van der Waals surface area contributed by atoms with Crippen molar-refractivity contribution >= 4 is 6.02 Å². The highest BCUT2D eigenvalue weighted by atomic mass is 16.5. The zero-order valence-electron chi connectivity index (χ0n) is 19.5. The summed E-state index contributed by atoms with van der Waals surface area (Å²) in [5, 5.41) is 38.2. The Balaban J connectivity index is 1.46. The van der Waals surface area contributed by atoms with Gasteiger partial charge < -0.3 is 25.4 Å². The molecular formula is C26H37N3O4. The highest BCUT2D eigenvalue weighted by Crippen LogP contribution is 2.48. The quantitative estimate of drug-likeness (QED) is 0.419. The molecule has 0 saturated carbocycles. The van der Waals surface area contributed by atoms with E-state index in [1.165, 1.54) is 11.6 Å². The van der Waals surface area contributed by atoms with E-state index < -0.39 is 24.3 Å². The number of rotatable bonds is 3. The van der Waals surface area contributed by atoms with Crippen molar-refractivity contribution in [2.75, 3.05) is 0 Å². The van der Waals surface area contributed by atoms with Crippen molar-refractivity contribution in [2.45, 2.75) is 83.0 Å². The van der Waals surface area contributed by atoms with Crippen LogP contribution in [0, 0.1) is 23.7 Å². The number of aliphatic hydroxyl groups is 3. The fraction of sp³-hybridized carbons (Fsp3) is 0.654. The number of hydrogen-bond acceptors (Lipinski definition) is 7. The van der Waals surface area contributed by atoms with Crippen LogP contribution in [0.25, 0.3) is 0 Å². The molecule has 0 amide bonds. The molecule has 5 aliphatic rings. The third kappa shape index (κ3) is 4.51. The Hall–Kier alpha value is -2.09. The van der Waals surface area contributed by atoms with E-state index in [2.05, 4.69) is 34.9 Å². The number of nitrogens with one attached hydrogen (secondary N) is 2. The van der Waals surface area contributed by atoms with E-state index in [0.717, 1.165) is 32.1 Å². The number of nitrogens with zero attached hydrogens (tertiary/aromatic N) is 1. The van der Waals surface area contributed by atoms with Crippen LogP contribution in [0.5, 0.6) is 0 Å². The lowest BCUT2D eigenvalue weighted by Crippen LogP contribution is -2.64. The molecule has 0 spiro atoms. The summed E-state index contributed by atoms with van der Waals surface area (Å²) in [7, 11) is 0. The van der Waals surface area contributed by atoms with Gasteiger partial charge >= 0.3 is 0 Å². The first-order chi connectivity index (χ1) is 15.9. The summed E-state index contributed by atoms with van der Waals surface area (Å²) in [6.07, 6.45) is 13.9. The van der Waals surface area contributed by atoms with Gasteiger partial charge in [-0.2, -0.15) is 0 Å². The summed E-state index contributed by atoms with van der Waals surface area (Å²) in [5.41, 5.74) is 3.05. The largest absolute Gasteiger partial charge is 0.512 e. The number of aliphatic imine (C=N–C) groups is 1. The normalized spacial score (nSPS) is 40.5. The molecule has 0 bridgehead atoms. The van der Waals surface area contributed by atoms with Crippen molar-refractivity contribution in [3.63, 3.8) is 0 Å². The minimum Gasteiger partial charge on any atom is -0.512 e. The molecule has 1 aliphatic heterocycles. The number of hydrogen-bond donors (Lipinski definition) is 5. The average molecular weight is 456 g/mol. The highest BCUT2D eigenvalue weighted by molar-refractivity contribution is 5.75. The topological polar surface area (TPSA) is 106 Å². The Morgan fingerprint density at radius 3 is 2.76 bits per heavy atom. The predicted molar refractivity (Wildman–Crippen MR) is 127 cm³/mol. The summed E-state index contributed by atoms with van der Waals surface area (Å²) in [6.45, 7) is 3.94. The molecule has 1 heterocycles. The molecule has 7 heteroatoms. The minimum absolute atomic E-state index is 0.0277. The standard InChI is InChI=1S/C26H37N3O4/c1-14(2)33-26-28-24(27-25(29-26)23-21(31)12-16(30)13-22(23)32)20-11-15-7-3-4-8-17(15)18-9-5-6-10-19(18)20/h4-5,8-9,12,14,18-25,27,30-32H,3,6-7,10-11,13H2,1-2H3,(H,28,29). The molecule has 8 atom stereocenters. The predicted octanol–water partition coefficient (Wildman–Crippen LogP) is 3.04. The van der Waals surface area contributed by atoms with Gasteiger partial charge in [0.25, 0.3) is 6.02 Å². The number of aliphatic hydroxyl groups excluding tert-OH is 3.